The summed E-state index contributed by atoms with van der Waals surface area (Å²) in [5.41, 5.74) is 3.37. The van der Waals surface area contributed by atoms with Crippen molar-refractivity contribution in [2.75, 3.05) is 7.11 Å². The molecule has 1 unspecified atom stereocenters. The Morgan fingerprint density at radius 3 is 2.44 bits per heavy atom. The van der Waals surface area contributed by atoms with Gasteiger partial charge < -0.3 is 4.74 Å². The number of aryl methyl sites for hydroxylation is 1. The van der Waals surface area contributed by atoms with Crippen molar-refractivity contribution in [3.05, 3.63) is 63.6 Å². The summed E-state index contributed by atoms with van der Waals surface area (Å²) in [5, 5.41) is -0.161. The van der Waals surface area contributed by atoms with E-state index in [9.17, 15) is 0 Å². The molecule has 0 aromatic heterocycles. The lowest BCUT2D eigenvalue weighted by atomic mass is 10.00. The molecule has 2 aromatic carbocycles. The van der Waals surface area contributed by atoms with E-state index in [2.05, 4.69) is 35.0 Å². The van der Waals surface area contributed by atoms with Gasteiger partial charge in [0.05, 0.1) is 12.5 Å². The van der Waals surface area contributed by atoms with Crippen molar-refractivity contribution < 1.29 is 4.74 Å². The van der Waals surface area contributed by atoms with E-state index < -0.39 is 0 Å². The molecule has 0 spiro atoms. The van der Waals surface area contributed by atoms with E-state index in [1.807, 2.05) is 30.3 Å². The highest BCUT2D eigenvalue weighted by atomic mass is 79.9. The Balaban J connectivity index is 2.40. The number of halogens is 2. The third-order valence-corrected chi connectivity index (χ3v) is 4.10. The zero-order chi connectivity index (χ0) is 13.1. The molecule has 0 bridgehead atoms. The highest BCUT2D eigenvalue weighted by Gasteiger charge is 2.15. The molecule has 0 fully saturated rings. The minimum absolute atomic E-state index is 0.161. The first kappa shape index (κ1) is 13.4. The first-order chi connectivity index (χ1) is 8.63. The predicted octanol–water partition coefficient (Wildman–Crippen LogP) is 5.09. The Labute approximate surface area is 121 Å². The van der Waals surface area contributed by atoms with Gasteiger partial charge in [0.25, 0.3) is 0 Å². The van der Waals surface area contributed by atoms with Gasteiger partial charge >= 0.3 is 0 Å². The molecule has 3 heteroatoms. The maximum atomic E-state index is 6.57. The molecule has 94 valence electrons. The molecular weight excluding hydrogens is 312 g/mol. The largest absolute Gasteiger partial charge is 0.497 e. The summed E-state index contributed by atoms with van der Waals surface area (Å²) in [5.74, 6) is 0.819. The monoisotopic (exact) mass is 324 g/mol. The van der Waals surface area contributed by atoms with Crippen LogP contribution in [0.5, 0.6) is 5.75 Å². The lowest BCUT2D eigenvalue weighted by molar-refractivity contribution is 0.414. The fourth-order valence-corrected chi connectivity index (χ4v) is 3.03. The van der Waals surface area contributed by atoms with Crippen LogP contribution in [0.3, 0.4) is 0 Å². The molecule has 18 heavy (non-hydrogen) atoms. The van der Waals surface area contributed by atoms with Crippen LogP contribution >= 0.6 is 27.5 Å². The normalized spacial score (nSPS) is 12.2. The van der Waals surface area contributed by atoms with E-state index in [1.54, 1.807) is 7.11 Å². The fourth-order valence-electron chi connectivity index (χ4n) is 1.88. The van der Waals surface area contributed by atoms with Gasteiger partial charge in [-0.3, -0.25) is 0 Å². The van der Waals surface area contributed by atoms with Crippen LogP contribution in [-0.4, -0.2) is 7.11 Å². The van der Waals surface area contributed by atoms with Gasteiger partial charge in [0, 0.05) is 4.47 Å². The molecular formula is C15H14BrClO. The van der Waals surface area contributed by atoms with Gasteiger partial charge in [-0.15, -0.1) is 11.6 Å². The summed E-state index contributed by atoms with van der Waals surface area (Å²) < 4.78 is 6.15. The van der Waals surface area contributed by atoms with E-state index in [1.165, 1.54) is 5.56 Å². The topological polar surface area (TPSA) is 9.23 Å². The molecule has 0 radical (unpaired) electrons. The van der Waals surface area contributed by atoms with Crippen LogP contribution in [0.1, 0.15) is 22.1 Å². The third-order valence-electron chi connectivity index (χ3n) is 2.94. The minimum Gasteiger partial charge on any atom is -0.497 e. The number of alkyl halides is 1. The fraction of sp³-hybridized carbons (Fsp3) is 0.200. The Bertz CT molecular complexity index is 554. The Hall–Kier alpha value is -0.990. The first-order valence-electron chi connectivity index (χ1n) is 5.66. The van der Waals surface area contributed by atoms with Crippen molar-refractivity contribution in [3.8, 4) is 5.75 Å². The molecule has 0 aliphatic rings. The van der Waals surface area contributed by atoms with Crippen LogP contribution in [0, 0.1) is 6.92 Å². The van der Waals surface area contributed by atoms with Crippen molar-refractivity contribution in [2.24, 2.45) is 0 Å². The Morgan fingerprint density at radius 1 is 1.11 bits per heavy atom. The van der Waals surface area contributed by atoms with Gasteiger partial charge in [0.2, 0.25) is 0 Å². The number of methoxy groups -OCH3 is 1. The van der Waals surface area contributed by atoms with E-state index in [-0.39, 0.29) is 5.38 Å². The van der Waals surface area contributed by atoms with E-state index >= 15 is 0 Å². The van der Waals surface area contributed by atoms with Gasteiger partial charge in [0.15, 0.2) is 0 Å². The number of ether oxygens (including phenoxy) is 1. The second-order valence-corrected chi connectivity index (χ2v) is 5.40. The summed E-state index contributed by atoms with van der Waals surface area (Å²) in [6.45, 7) is 2.07. The maximum absolute atomic E-state index is 6.57. The van der Waals surface area contributed by atoms with E-state index in [0.29, 0.717) is 0 Å². The number of hydrogen-bond acceptors (Lipinski definition) is 1. The van der Waals surface area contributed by atoms with Gasteiger partial charge in [-0.25, -0.2) is 0 Å². The molecule has 1 nitrogen and oxygen atoms in total. The van der Waals surface area contributed by atoms with Crippen LogP contribution in [0.15, 0.2) is 46.9 Å². The smallest absolute Gasteiger partial charge is 0.120 e. The highest BCUT2D eigenvalue weighted by molar-refractivity contribution is 9.10. The van der Waals surface area contributed by atoms with Gasteiger partial charge in [-0.05, 0) is 35.7 Å². The second-order valence-electron chi connectivity index (χ2n) is 4.11. The molecule has 0 saturated heterocycles. The van der Waals surface area contributed by atoms with Crippen molar-refractivity contribution in [2.45, 2.75) is 12.3 Å². The zero-order valence-electron chi connectivity index (χ0n) is 10.3. The lowest BCUT2D eigenvalue weighted by Crippen LogP contribution is -1.97. The molecule has 0 heterocycles. The van der Waals surface area contributed by atoms with Crippen LogP contribution in [0.25, 0.3) is 0 Å². The molecule has 0 amide bonds. The van der Waals surface area contributed by atoms with E-state index in [4.69, 9.17) is 16.3 Å². The summed E-state index contributed by atoms with van der Waals surface area (Å²) >= 11 is 10.1. The second kappa shape index (κ2) is 5.77. The van der Waals surface area contributed by atoms with Gasteiger partial charge in [0.1, 0.15) is 5.75 Å². The minimum atomic E-state index is -0.161. The Kier molecular flexibility index (Phi) is 4.31. The summed E-state index contributed by atoms with van der Waals surface area (Å²) in [4.78, 5) is 0. The number of hydrogen-bond donors (Lipinski definition) is 0. The average Bonchev–Trinajstić information content (AvgIpc) is 2.38. The van der Waals surface area contributed by atoms with Gasteiger partial charge in [-0.1, -0.05) is 46.3 Å². The maximum Gasteiger partial charge on any atom is 0.120 e. The summed E-state index contributed by atoms with van der Waals surface area (Å²) in [7, 11) is 1.65. The molecule has 2 rings (SSSR count). The van der Waals surface area contributed by atoms with Crippen molar-refractivity contribution >= 4 is 27.5 Å². The van der Waals surface area contributed by atoms with Crippen LogP contribution < -0.4 is 4.74 Å². The molecule has 1 atom stereocenters. The van der Waals surface area contributed by atoms with Crippen molar-refractivity contribution in [1.29, 1.82) is 0 Å². The van der Waals surface area contributed by atoms with Crippen molar-refractivity contribution in [1.82, 2.24) is 0 Å². The van der Waals surface area contributed by atoms with Crippen molar-refractivity contribution in [3.63, 3.8) is 0 Å². The first-order valence-corrected chi connectivity index (χ1v) is 6.89. The van der Waals surface area contributed by atoms with Crippen LogP contribution in [0.2, 0.25) is 0 Å². The highest BCUT2D eigenvalue weighted by Crippen LogP contribution is 2.36. The molecule has 0 aliphatic heterocycles. The predicted molar refractivity (Wildman–Crippen MR) is 79.6 cm³/mol. The van der Waals surface area contributed by atoms with Crippen LogP contribution in [0.4, 0.5) is 0 Å². The molecule has 2 aromatic rings. The quantitative estimate of drug-likeness (QED) is 0.714. The zero-order valence-corrected chi connectivity index (χ0v) is 12.6. The third kappa shape index (κ3) is 2.70. The lowest BCUT2D eigenvalue weighted by Gasteiger charge is -2.15. The SMILES string of the molecule is COc1ccc(C(Cl)c2ccccc2C)c(Br)c1. The standard InChI is InChI=1S/C15H14BrClO/c1-10-5-3-4-6-12(10)15(17)13-8-7-11(18-2)9-14(13)16/h3-9,15H,1-2H3. The van der Waals surface area contributed by atoms with Gasteiger partial charge in [-0.2, -0.15) is 0 Å². The molecule has 0 aliphatic carbocycles. The molecule has 0 N–H and O–H groups in total. The Morgan fingerprint density at radius 2 is 1.83 bits per heavy atom. The molecule has 0 saturated carbocycles. The summed E-state index contributed by atoms with van der Waals surface area (Å²) in [6, 6.07) is 14.0. The number of rotatable bonds is 3. The number of benzene rings is 2. The summed E-state index contributed by atoms with van der Waals surface area (Å²) in [6.07, 6.45) is 0. The van der Waals surface area contributed by atoms with E-state index in [0.717, 1.165) is 21.3 Å². The van der Waals surface area contributed by atoms with Crippen LogP contribution in [-0.2, 0) is 0 Å². The average molecular weight is 326 g/mol.